The Bertz CT molecular complexity index is 1030. The highest BCUT2D eigenvalue weighted by Crippen LogP contribution is 2.44. The smallest absolute Gasteiger partial charge is 0.407 e. The summed E-state index contributed by atoms with van der Waals surface area (Å²) in [4.78, 5) is 39.3. The fraction of sp³-hybridized carbons (Fsp3) is 0.423. The van der Waals surface area contributed by atoms with E-state index < -0.39 is 29.6 Å². The molecule has 0 saturated carbocycles. The maximum atomic E-state index is 13.0. The number of carbonyl (C=O) groups is 3. The van der Waals surface area contributed by atoms with Gasteiger partial charge in [0.1, 0.15) is 12.6 Å². The number of benzene rings is 2. The average Bonchev–Trinajstić information content (AvgIpc) is 3.14. The van der Waals surface area contributed by atoms with Crippen molar-refractivity contribution in [2.75, 3.05) is 41.0 Å². The number of carboxylic acids is 1. The Morgan fingerprint density at radius 1 is 1.06 bits per heavy atom. The van der Waals surface area contributed by atoms with Crippen molar-refractivity contribution in [2.24, 2.45) is 0 Å². The lowest BCUT2D eigenvalue weighted by atomic mass is 9.98. The van der Waals surface area contributed by atoms with Gasteiger partial charge in [0, 0.05) is 13.0 Å². The number of hydrogen-bond donors (Lipinski definition) is 3. The van der Waals surface area contributed by atoms with Crippen LogP contribution in [0.2, 0.25) is 0 Å². The molecular weight excluding hydrogens is 450 g/mol. The van der Waals surface area contributed by atoms with Crippen LogP contribution in [0.15, 0.2) is 48.5 Å². The molecule has 188 valence electrons. The Morgan fingerprint density at radius 3 is 2.14 bits per heavy atom. The van der Waals surface area contributed by atoms with Crippen molar-refractivity contribution in [1.82, 2.24) is 15.5 Å². The Balaban J connectivity index is 1.69. The van der Waals surface area contributed by atoms with Gasteiger partial charge in [-0.15, -0.1) is 0 Å². The quantitative estimate of drug-likeness (QED) is 0.449. The number of carbonyl (C=O) groups excluding carboxylic acids is 2. The van der Waals surface area contributed by atoms with E-state index in [9.17, 15) is 19.5 Å². The molecule has 0 aromatic heterocycles. The van der Waals surface area contributed by atoms with Gasteiger partial charge < -0.3 is 30.1 Å². The normalized spacial score (nSPS) is 15.0. The van der Waals surface area contributed by atoms with E-state index >= 15 is 0 Å². The van der Waals surface area contributed by atoms with Crippen LogP contribution in [0.1, 0.15) is 30.4 Å². The second-order valence-electron chi connectivity index (χ2n) is 9.17. The van der Waals surface area contributed by atoms with Crippen LogP contribution in [0.5, 0.6) is 0 Å². The van der Waals surface area contributed by atoms with Gasteiger partial charge in [0.25, 0.3) is 0 Å². The lowest BCUT2D eigenvalue weighted by Crippen LogP contribution is -2.60. The van der Waals surface area contributed by atoms with E-state index in [1.165, 1.54) is 14.0 Å². The molecule has 0 radical (unpaired) electrons. The number of fused-ring (bicyclic) bond motifs is 3. The zero-order chi connectivity index (χ0) is 25.6. The van der Waals surface area contributed by atoms with Crippen molar-refractivity contribution >= 4 is 18.0 Å². The summed E-state index contributed by atoms with van der Waals surface area (Å²) in [5.74, 6) is -1.97. The van der Waals surface area contributed by atoms with Gasteiger partial charge in [-0.1, -0.05) is 48.5 Å². The minimum atomic E-state index is -1.63. The highest BCUT2D eigenvalue weighted by atomic mass is 16.5. The number of carboxylic acid groups (broad SMARTS) is 1. The summed E-state index contributed by atoms with van der Waals surface area (Å²) in [5, 5.41) is 14.7. The minimum absolute atomic E-state index is 0.110. The molecule has 1 aliphatic rings. The van der Waals surface area contributed by atoms with Crippen LogP contribution in [0.4, 0.5) is 4.79 Å². The maximum absolute atomic E-state index is 13.0. The van der Waals surface area contributed by atoms with Crippen molar-refractivity contribution in [2.45, 2.75) is 30.8 Å². The summed E-state index contributed by atoms with van der Waals surface area (Å²) >= 11 is 0. The molecular formula is C26H33N3O6. The monoisotopic (exact) mass is 483 g/mol. The molecule has 2 amide bonds. The maximum Gasteiger partial charge on any atom is 0.407 e. The second-order valence-corrected chi connectivity index (χ2v) is 9.17. The molecule has 2 unspecified atom stereocenters. The van der Waals surface area contributed by atoms with Gasteiger partial charge >= 0.3 is 12.1 Å². The van der Waals surface area contributed by atoms with Crippen LogP contribution in [-0.2, 0) is 19.1 Å². The van der Waals surface area contributed by atoms with E-state index in [1.54, 1.807) is 0 Å². The van der Waals surface area contributed by atoms with Gasteiger partial charge in [-0.2, -0.15) is 0 Å². The standard InChI is InChI=1S/C26H33N3O6/c1-26(16-34-4,24(31)32)28-23(30)22(13-14-29(2)3)27-25(33)35-15-21-19-11-7-5-9-17(19)18-10-6-8-12-20(18)21/h5-12,21-22H,13-16H2,1-4H3,(H,27,33)(H,28,30)(H,31,32). The molecule has 0 heterocycles. The van der Waals surface area contributed by atoms with E-state index in [4.69, 9.17) is 9.47 Å². The molecule has 2 aromatic carbocycles. The van der Waals surface area contributed by atoms with E-state index in [2.05, 4.69) is 22.8 Å². The second kappa shape index (κ2) is 11.3. The first-order valence-electron chi connectivity index (χ1n) is 11.5. The molecule has 0 bridgehead atoms. The summed E-state index contributed by atoms with van der Waals surface area (Å²) in [5.41, 5.74) is 2.77. The van der Waals surface area contributed by atoms with Crippen molar-refractivity contribution in [3.63, 3.8) is 0 Å². The van der Waals surface area contributed by atoms with Gasteiger partial charge in [0.15, 0.2) is 5.54 Å². The molecule has 35 heavy (non-hydrogen) atoms. The van der Waals surface area contributed by atoms with Crippen LogP contribution >= 0.6 is 0 Å². The van der Waals surface area contributed by atoms with Crippen molar-refractivity contribution in [1.29, 1.82) is 0 Å². The molecule has 2 atom stereocenters. The zero-order valence-corrected chi connectivity index (χ0v) is 20.5. The molecule has 9 heteroatoms. The fourth-order valence-corrected chi connectivity index (χ4v) is 4.24. The van der Waals surface area contributed by atoms with Crippen LogP contribution in [0.25, 0.3) is 11.1 Å². The van der Waals surface area contributed by atoms with Crippen LogP contribution in [0, 0.1) is 0 Å². The van der Waals surface area contributed by atoms with E-state index in [0.29, 0.717) is 6.54 Å². The third-order valence-corrected chi connectivity index (χ3v) is 6.12. The number of alkyl carbamates (subject to hydrolysis) is 1. The number of methoxy groups -OCH3 is 1. The molecule has 0 aliphatic heterocycles. The zero-order valence-electron chi connectivity index (χ0n) is 20.5. The number of aliphatic carboxylic acids is 1. The van der Waals surface area contributed by atoms with E-state index in [-0.39, 0.29) is 25.6 Å². The molecule has 0 saturated heterocycles. The summed E-state index contributed by atoms with van der Waals surface area (Å²) in [7, 11) is 5.04. The highest BCUT2D eigenvalue weighted by Gasteiger charge is 2.37. The first-order chi connectivity index (χ1) is 16.7. The van der Waals surface area contributed by atoms with Gasteiger partial charge in [-0.05, 0) is 56.2 Å². The summed E-state index contributed by atoms with van der Waals surface area (Å²) in [6.45, 7) is 1.74. The number of hydrogen-bond acceptors (Lipinski definition) is 6. The highest BCUT2D eigenvalue weighted by molar-refractivity contribution is 5.91. The Hall–Kier alpha value is -3.43. The van der Waals surface area contributed by atoms with Crippen molar-refractivity contribution < 1.29 is 29.0 Å². The number of amides is 2. The largest absolute Gasteiger partial charge is 0.479 e. The van der Waals surface area contributed by atoms with Gasteiger partial charge in [0.05, 0.1) is 6.61 Å². The summed E-state index contributed by atoms with van der Waals surface area (Å²) in [6, 6.07) is 15.0. The Kier molecular flexibility index (Phi) is 8.48. The molecule has 9 nitrogen and oxygen atoms in total. The lowest BCUT2D eigenvalue weighted by Gasteiger charge is -2.28. The predicted molar refractivity (Wildman–Crippen MR) is 131 cm³/mol. The van der Waals surface area contributed by atoms with Gasteiger partial charge in [-0.25, -0.2) is 9.59 Å². The molecule has 0 spiro atoms. The molecule has 3 rings (SSSR count). The van der Waals surface area contributed by atoms with Crippen LogP contribution in [0.3, 0.4) is 0 Å². The number of ether oxygens (including phenoxy) is 2. The lowest BCUT2D eigenvalue weighted by molar-refractivity contribution is -0.149. The molecule has 3 N–H and O–H groups in total. The van der Waals surface area contributed by atoms with Crippen LogP contribution < -0.4 is 10.6 Å². The first kappa shape index (κ1) is 26.2. The first-order valence-corrected chi connectivity index (χ1v) is 11.5. The number of rotatable bonds is 11. The van der Waals surface area contributed by atoms with Gasteiger partial charge in [0.2, 0.25) is 5.91 Å². The summed E-state index contributed by atoms with van der Waals surface area (Å²) in [6.07, 6.45) is -0.472. The molecule has 0 fully saturated rings. The fourth-order valence-electron chi connectivity index (χ4n) is 4.24. The summed E-state index contributed by atoms with van der Waals surface area (Å²) < 4.78 is 10.5. The topological polar surface area (TPSA) is 117 Å². The Labute approximate surface area is 205 Å². The third-order valence-electron chi connectivity index (χ3n) is 6.12. The van der Waals surface area contributed by atoms with Crippen molar-refractivity contribution in [3.05, 3.63) is 59.7 Å². The van der Waals surface area contributed by atoms with E-state index in [0.717, 1.165) is 22.3 Å². The molecule has 2 aromatic rings. The average molecular weight is 484 g/mol. The Morgan fingerprint density at radius 2 is 1.63 bits per heavy atom. The third kappa shape index (κ3) is 6.17. The van der Waals surface area contributed by atoms with Crippen LogP contribution in [-0.4, -0.2) is 80.5 Å². The van der Waals surface area contributed by atoms with E-state index in [1.807, 2.05) is 55.4 Å². The predicted octanol–water partition coefficient (Wildman–Crippen LogP) is 2.45. The van der Waals surface area contributed by atoms with Gasteiger partial charge in [-0.3, -0.25) is 4.79 Å². The number of nitrogens with zero attached hydrogens (tertiary/aromatic N) is 1. The minimum Gasteiger partial charge on any atom is -0.479 e. The number of nitrogens with one attached hydrogen (secondary N) is 2. The molecule has 1 aliphatic carbocycles. The SMILES string of the molecule is COCC(C)(NC(=O)C(CCN(C)C)NC(=O)OCC1c2ccccc2-c2ccccc21)C(=O)O. The van der Waals surface area contributed by atoms with Crippen molar-refractivity contribution in [3.8, 4) is 11.1 Å².